The molecule has 0 saturated carbocycles. The molecule has 0 fully saturated rings. The van der Waals surface area contributed by atoms with Crippen LogP contribution >= 0.6 is 0 Å². The molecule has 0 bridgehead atoms. The Morgan fingerprint density at radius 2 is 2.22 bits per heavy atom. The molecule has 2 aromatic rings. The van der Waals surface area contributed by atoms with Crippen LogP contribution in [0, 0.1) is 6.92 Å². The molecule has 1 N–H and O–H groups in total. The van der Waals surface area contributed by atoms with Crippen molar-refractivity contribution in [2.45, 2.75) is 39.7 Å². The van der Waals surface area contributed by atoms with E-state index in [1.54, 1.807) is 11.0 Å². The fourth-order valence-corrected chi connectivity index (χ4v) is 2.01. The number of aromatic nitrogens is 4. The number of hydrogen-bond donors (Lipinski definition) is 1. The van der Waals surface area contributed by atoms with Crippen LogP contribution in [0.4, 0.5) is 5.69 Å². The fourth-order valence-electron chi connectivity index (χ4n) is 2.01. The Labute approximate surface area is 107 Å². The van der Waals surface area contributed by atoms with Gasteiger partial charge in [0.25, 0.3) is 0 Å². The van der Waals surface area contributed by atoms with Gasteiger partial charge in [0.2, 0.25) is 0 Å². The Balaban J connectivity index is 2.22. The van der Waals surface area contributed by atoms with Gasteiger partial charge in [0.15, 0.2) is 0 Å². The number of tetrazole rings is 1. The minimum Gasteiger partial charge on any atom is -0.383 e. The third kappa shape index (κ3) is 2.85. The molecule has 5 nitrogen and oxygen atoms in total. The molecular weight excluding hydrogens is 226 g/mol. The summed E-state index contributed by atoms with van der Waals surface area (Å²) in [7, 11) is 0. The molecule has 1 aromatic carbocycles. The summed E-state index contributed by atoms with van der Waals surface area (Å²) in [6, 6.07) is 6.73. The third-order valence-electron chi connectivity index (χ3n) is 2.94. The van der Waals surface area contributed by atoms with Gasteiger partial charge in [0.1, 0.15) is 6.33 Å². The molecule has 0 aliphatic carbocycles. The summed E-state index contributed by atoms with van der Waals surface area (Å²) < 4.78 is 1.69. The number of aryl methyl sites for hydroxylation is 1. The lowest BCUT2D eigenvalue weighted by molar-refractivity contribution is 0.690. The normalized spacial score (nSPS) is 12.4. The zero-order valence-corrected chi connectivity index (χ0v) is 11.1. The summed E-state index contributed by atoms with van der Waals surface area (Å²) in [5.74, 6) is 0. The minimum atomic E-state index is 0.472. The van der Waals surface area contributed by atoms with Crippen LogP contribution < -0.4 is 5.32 Å². The van der Waals surface area contributed by atoms with E-state index in [0.29, 0.717) is 6.04 Å². The van der Waals surface area contributed by atoms with Crippen molar-refractivity contribution in [3.63, 3.8) is 0 Å². The molecule has 0 aliphatic rings. The first-order valence-electron chi connectivity index (χ1n) is 6.31. The molecule has 0 radical (unpaired) electrons. The van der Waals surface area contributed by atoms with Crippen molar-refractivity contribution in [1.29, 1.82) is 0 Å². The summed E-state index contributed by atoms with van der Waals surface area (Å²) in [4.78, 5) is 0. The van der Waals surface area contributed by atoms with Crippen molar-refractivity contribution in [1.82, 2.24) is 20.2 Å². The van der Waals surface area contributed by atoms with Gasteiger partial charge in [0.05, 0.1) is 5.69 Å². The number of benzene rings is 1. The monoisotopic (exact) mass is 245 g/mol. The SMILES string of the molecule is CCCC(C)Nc1ccc(C)c(-n2cnnn2)c1. The van der Waals surface area contributed by atoms with Crippen LogP contribution in [-0.4, -0.2) is 26.2 Å². The maximum absolute atomic E-state index is 3.93. The molecule has 1 atom stereocenters. The second-order valence-electron chi connectivity index (χ2n) is 4.59. The van der Waals surface area contributed by atoms with E-state index in [1.165, 1.54) is 6.42 Å². The Kier molecular flexibility index (Phi) is 3.92. The van der Waals surface area contributed by atoms with Crippen LogP contribution in [0.2, 0.25) is 0 Å². The van der Waals surface area contributed by atoms with Crippen molar-refractivity contribution in [2.24, 2.45) is 0 Å². The lowest BCUT2D eigenvalue weighted by atomic mass is 10.1. The summed E-state index contributed by atoms with van der Waals surface area (Å²) >= 11 is 0. The van der Waals surface area contributed by atoms with Gasteiger partial charge >= 0.3 is 0 Å². The minimum absolute atomic E-state index is 0.472. The van der Waals surface area contributed by atoms with E-state index in [1.807, 2.05) is 0 Å². The maximum Gasteiger partial charge on any atom is 0.143 e. The highest BCUT2D eigenvalue weighted by atomic mass is 15.5. The van der Waals surface area contributed by atoms with E-state index >= 15 is 0 Å². The quantitative estimate of drug-likeness (QED) is 0.879. The first-order chi connectivity index (χ1) is 8.70. The second kappa shape index (κ2) is 5.62. The predicted molar refractivity (Wildman–Crippen MR) is 71.9 cm³/mol. The van der Waals surface area contributed by atoms with Gasteiger partial charge in [-0.1, -0.05) is 19.4 Å². The van der Waals surface area contributed by atoms with E-state index in [9.17, 15) is 0 Å². The molecule has 0 spiro atoms. The summed E-state index contributed by atoms with van der Waals surface area (Å²) in [5, 5.41) is 14.8. The Hall–Kier alpha value is -1.91. The number of nitrogens with one attached hydrogen (secondary N) is 1. The molecule has 1 unspecified atom stereocenters. The van der Waals surface area contributed by atoms with Crippen molar-refractivity contribution in [2.75, 3.05) is 5.32 Å². The van der Waals surface area contributed by atoms with Gasteiger partial charge in [-0.2, -0.15) is 0 Å². The van der Waals surface area contributed by atoms with Crippen LogP contribution in [0.3, 0.4) is 0 Å². The molecule has 0 aliphatic heterocycles. The van der Waals surface area contributed by atoms with Crippen LogP contribution in [-0.2, 0) is 0 Å². The van der Waals surface area contributed by atoms with E-state index in [2.05, 4.69) is 59.8 Å². The molecule has 1 heterocycles. The first kappa shape index (κ1) is 12.5. The summed E-state index contributed by atoms with van der Waals surface area (Å²) in [6.45, 7) is 6.44. The summed E-state index contributed by atoms with van der Waals surface area (Å²) in [6.07, 6.45) is 3.95. The van der Waals surface area contributed by atoms with Gasteiger partial charge in [0, 0.05) is 11.7 Å². The van der Waals surface area contributed by atoms with Crippen LogP contribution in [0.1, 0.15) is 32.3 Å². The highest BCUT2D eigenvalue weighted by Gasteiger charge is 2.06. The van der Waals surface area contributed by atoms with Crippen molar-refractivity contribution in [3.8, 4) is 5.69 Å². The van der Waals surface area contributed by atoms with Crippen molar-refractivity contribution >= 4 is 5.69 Å². The highest BCUT2D eigenvalue weighted by molar-refractivity contribution is 5.54. The molecule has 0 saturated heterocycles. The molecular formula is C13H19N5. The number of hydrogen-bond acceptors (Lipinski definition) is 4. The topological polar surface area (TPSA) is 55.6 Å². The highest BCUT2D eigenvalue weighted by Crippen LogP contribution is 2.19. The summed E-state index contributed by atoms with van der Waals surface area (Å²) in [5.41, 5.74) is 3.26. The van der Waals surface area contributed by atoms with Gasteiger partial charge in [-0.3, -0.25) is 0 Å². The molecule has 5 heteroatoms. The maximum atomic E-state index is 3.93. The van der Waals surface area contributed by atoms with Gasteiger partial charge in [-0.15, -0.1) is 5.10 Å². The average Bonchev–Trinajstić information content (AvgIpc) is 2.85. The number of anilines is 1. The van der Waals surface area contributed by atoms with Gasteiger partial charge in [-0.05, 0) is 48.4 Å². The lowest BCUT2D eigenvalue weighted by Crippen LogP contribution is -2.14. The average molecular weight is 245 g/mol. The van der Waals surface area contributed by atoms with E-state index in [4.69, 9.17) is 0 Å². The number of nitrogens with zero attached hydrogens (tertiary/aromatic N) is 4. The second-order valence-corrected chi connectivity index (χ2v) is 4.59. The van der Waals surface area contributed by atoms with E-state index in [0.717, 1.165) is 23.4 Å². The first-order valence-corrected chi connectivity index (χ1v) is 6.31. The number of rotatable bonds is 5. The largest absolute Gasteiger partial charge is 0.383 e. The molecule has 0 amide bonds. The van der Waals surface area contributed by atoms with Crippen LogP contribution in [0.5, 0.6) is 0 Å². The molecule has 96 valence electrons. The van der Waals surface area contributed by atoms with Gasteiger partial charge < -0.3 is 5.32 Å². The van der Waals surface area contributed by atoms with Gasteiger partial charge in [-0.25, -0.2) is 4.68 Å². The Bertz CT molecular complexity index is 492. The zero-order valence-electron chi connectivity index (χ0n) is 11.1. The van der Waals surface area contributed by atoms with Crippen molar-refractivity contribution < 1.29 is 0 Å². The van der Waals surface area contributed by atoms with Crippen LogP contribution in [0.15, 0.2) is 24.5 Å². The Morgan fingerprint density at radius 3 is 2.89 bits per heavy atom. The standard InChI is InChI=1S/C13H19N5/c1-4-5-11(3)15-12-7-6-10(2)13(8-12)18-9-14-16-17-18/h6-9,11,15H,4-5H2,1-3H3. The molecule has 18 heavy (non-hydrogen) atoms. The Morgan fingerprint density at radius 1 is 1.39 bits per heavy atom. The molecule has 1 aromatic heterocycles. The zero-order chi connectivity index (χ0) is 13.0. The lowest BCUT2D eigenvalue weighted by Gasteiger charge is -2.15. The van der Waals surface area contributed by atoms with Crippen LogP contribution in [0.25, 0.3) is 5.69 Å². The smallest absolute Gasteiger partial charge is 0.143 e. The molecule has 2 rings (SSSR count). The fraction of sp³-hybridized carbons (Fsp3) is 0.462. The third-order valence-corrected chi connectivity index (χ3v) is 2.94. The van der Waals surface area contributed by atoms with E-state index in [-0.39, 0.29) is 0 Å². The van der Waals surface area contributed by atoms with E-state index < -0.39 is 0 Å². The predicted octanol–water partition coefficient (Wildman–Crippen LogP) is 2.57. The van der Waals surface area contributed by atoms with Crippen molar-refractivity contribution in [3.05, 3.63) is 30.1 Å².